The van der Waals surface area contributed by atoms with Crippen LogP contribution in [0.15, 0.2) is 57.8 Å². The molecule has 2 aliphatic rings. The third-order valence-electron chi connectivity index (χ3n) is 5.56. The summed E-state index contributed by atoms with van der Waals surface area (Å²) in [7, 11) is -3.73. The van der Waals surface area contributed by atoms with Gasteiger partial charge in [-0.25, -0.2) is 4.39 Å². The zero-order chi connectivity index (χ0) is 22.0. The first kappa shape index (κ1) is 21.3. The molecule has 0 bridgehead atoms. The molecule has 1 fully saturated rings. The number of nitrogens with zero attached hydrogens (tertiary/aromatic N) is 3. The number of rotatable bonds is 5. The minimum atomic E-state index is -3.73. The Morgan fingerprint density at radius 1 is 1.10 bits per heavy atom. The van der Waals surface area contributed by atoms with Gasteiger partial charge < -0.3 is 15.1 Å². The smallest absolute Gasteiger partial charge is 0.286 e. The summed E-state index contributed by atoms with van der Waals surface area (Å²) >= 11 is 0. The van der Waals surface area contributed by atoms with E-state index in [1.807, 2.05) is 11.8 Å². The Morgan fingerprint density at radius 2 is 1.77 bits per heavy atom. The second kappa shape index (κ2) is 8.66. The highest BCUT2D eigenvalue weighted by Crippen LogP contribution is 2.28. The van der Waals surface area contributed by atoms with Crippen LogP contribution < -0.4 is 10.2 Å². The Labute approximate surface area is 181 Å². The van der Waals surface area contributed by atoms with E-state index in [1.165, 1.54) is 12.1 Å². The Bertz CT molecular complexity index is 1110. The van der Waals surface area contributed by atoms with Gasteiger partial charge in [-0.1, -0.05) is 31.2 Å². The van der Waals surface area contributed by atoms with E-state index < -0.39 is 10.0 Å². The van der Waals surface area contributed by atoms with Crippen molar-refractivity contribution in [3.05, 3.63) is 54.3 Å². The number of anilines is 2. The quantitative estimate of drug-likeness (QED) is 0.766. The first-order valence-corrected chi connectivity index (χ1v) is 11.7. The van der Waals surface area contributed by atoms with Crippen LogP contribution in [0, 0.1) is 11.7 Å². The predicted molar refractivity (Wildman–Crippen MR) is 118 cm³/mol. The summed E-state index contributed by atoms with van der Waals surface area (Å²) in [5.41, 5.74) is 1.07. The first-order chi connectivity index (χ1) is 14.8. The van der Waals surface area contributed by atoms with Crippen molar-refractivity contribution in [1.29, 1.82) is 0 Å². The van der Waals surface area contributed by atoms with Crippen molar-refractivity contribution >= 4 is 33.1 Å². The minimum absolute atomic E-state index is 0.0142. The van der Waals surface area contributed by atoms with Crippen LogP contribution in [0.5, 0.6) is 0 Å². The van der Waals surface area contributed by atoms with Crippen LogP contribution in [-0.4, -0.2) is 51.2 Å². The molecule has 1 atom stereocenters. The summed E-state index contributed by atoms with van der Waals surface area (Å²) in [6.45, 7) is 4.11. The number of carbonyl (C=O) groups excluding carboxylic acids is 1. The molecule has 1 N–H and O–H groups in total. The average molecular weight is 445 g/mol. The van der Waals surface area contributed by atoms with Gasteiger partial charge in [0.2, 0.25) is 5.91 Å². The molecule has 2 aromatic rings. The van der Waals surface area contributed by atoms with Gasteiger partial charge in [0.1, 0.15) is 16.5 Å². The van der Waals surface area contributed by atoms with E-state index in [-0.39, 0.29) is 22.5 Å². The number of hydrogen-bond donors (Lipinski definition) is 1. The Balaban J connectivity index is 1.32. The molecule has 164 valence electrons. The second-order valence-electron chi connectivity index (χ2n) is 7.97. The molecular formula is C22H25FN4O3S. The lowest BCUT2D eigenvalue weighted by Crippen LogP contribution is -2.49. The van der Waals surface area contributed by atoms with Gasteiger partial charge in [0.25, 0.3) is 10.0 Å². The average Bonchev–Trinajstić information content (AvgIpc) is 2.73. The summed E-state index contributed by atoms with van der Waals surface area (Å²) < 4.78 is 42.6. The van der Waals surface area contributed by atoms with Gasteiger partial charge in [-0.15, -0.1) is 4.40 Å². The van der Waals surface area contributed by atoms with Gasteiger partial charge in [-0.05, 0) is 30.2 Å². The second-order valence-corrected chi connectivity index (χ2v) is 9.54. The molecular weight excluding hydrogens is 419 g/mol. The lowest BCUT2D eigenvalue weighted by atomic mass is 10.0. The number of nitrogens with one attached hydrogen (secondary N) is 1. The van der Waals surface area contributed by atoms with E-state index in [2.05, 4.69) is 9.71 Å². The predicted octanol–water partition coefficient (Wildman–Crippen LogP) is 3.10. The summed E-state index contributed by atoms with van der Waals surface area (Å²) in [4.78, 5) is 16.6. The zero-order valence-electron chi connectivity index (χ0n) is 17.3. The number of halogens is 1. The van der Waals surface area contributed by atoms with E-state index >= 15 is 0 Å². The van der Waals surface area contributed by atoms with E-state index in [0.29, 0.717) is 56.2 Å². The number of piperazine rings is 1. The highest BCUT2D eigenvalue weighted by Gasteiger charge is 2.27. The maximum Gasteiger partial charge on any atom is 0.286 e. The number of carbonyl (C=O) groups is 1. The monoisotopic (exact) mass is 444 g/mol. The molecule has 2 aromatic carbocycles. The molecule has 31 heavy (non-hydrogen) atoms. The van der Waals surface area contributed by atoms with Crippen LogP contribution in [-0.2, 0) is 14.8 Å². The SMILES string of the molecule is C[C@H](CC(=O)N1CCN(c2ccccc2F)CC1)CC1=NS(=O)(=O)c2ccccc2N1. The van der Waals surface area contributed by atoms with Gasteiger partial charge in [0.15, 0.2) is 0 Å². The van der Waals surface area contributed by atoms with Gasteiger partial charge >= 0.3 is 0 Å². The third-order valence-corrected chi connectivity index (χ3v) is 6.94. The molecule has 2 aliphatic heterocycles. The van der Waals surface area contributed by atoms with E-state index in [9.17, 15) is 17.6 Å². The van der Waals surface area contributed by atoms with Crippen molar-refractivity contribution < 1.29 is 17.6 Å². The van der Waals surface area contributed by atoms with Crippen LogP contribution in [0.4, 0.5) is 15.8 Å². The number of para-hydroxylation sites is 2. The standard InChI is InChI=1S/C22H25FN4O3S/c1-16(14-21-24-18-7-3-5-9-20(18)31(29,30)25-21)15-22(28)27-12-10-26(11-13-27)19-8-4-2-6-17(19)23/h2-9,16H,10-15H2,1H3,(H,24,25)/t16-/m0/s1. The van der Waals surface area contributed by atoms with Crippen LogP contribution in [0.2, 0.25) is 0 Å². The minimum Gasteiger partial charge on any atom is -0.366 e. The summed E-state index contributed by atoms with van der Waals surface area (Å²) in [6.07, 6.45) is 0.649. The molecule has 9 heteroatoms. The molecule has 0 saturated carbocycles. The fourth-order valence-electron chi connectivity index (χ4n) is 3.99. The van der Waals surface area contributed by atoms with Crippen LogP contribution in [0.3, 0.4) is 0 Å². The fourth-order valence-corrected chi connectivity index (χ4v) is 5.15. The van der Waals surface area contributed by atoms with Gasteiger partial charge in [0, 0.05) is 39.0 Å². The Morgan fingerprint density at radius 3 is 2.52 bits per heavy atom. The molecule has 0 unspecified atom stereocenters. The van der Waals surface area contributed by atoms with Crippen LogP contribution in [0.1, 0.15) is 19.8 Å². The molecule has 1 amide bonds. The Hall–Kier alpha value is -2.94. The van der Waals surface area contributed by atoms with Crippen LogP contribution >= 0.6 is 0 Å². The normalized spacial score (nSPS) is 18.6. The molecule has 0 aromatic heterocycles. The van der Waals surface area contributed by atoms with E-state index in [4.69, 9.17) is 0 Å². The van der Waals surface area contributed by atoms with Crippen LogP contribution in [0.25, 0.3) is 0 Å². The highest BCUT2D eigenvalue weighted by atomic mass is 32.2. The van der Waals surface area contributed by atoms with E-state index in [1.54, 1.807) is 41.3 Å². The molecule has 2 heterocycles. The van der Waals surface area contributed by atoms with Gasteiger partial charge in [-0.2, -0.15) is 8.42 Å². The molecule has 0 radical (unpaired) electrons. The first-order valence-electron chi connectivity index (χ1n) is 10.3. The maximum absolute atomic E-state index is 14.0. The fraction of sp³-hybridized carbons (Fsp3) is 0.364. The topological polar surface area (TPSA) is 82.1 Å². The number of benzene rings is 2. The molecule has 0 spiro atoms. The van der Waals surface area contributed by atoms with Crippen molar-refractivity contribution in [2.24, 2.45) is 10.3 Å². The van der Waals surface area contributed by atoms with Crippen molar-refractivity contribution in [2.45, 2.75) is 24.7 Å². The lowest BCUT2D eigenvalue weighted by molar-refractivity contribution is -0.132. The van der Waals surface area contributed by atoms with Crippen molar-refractivity contribution in [1.82, 2.24) is 4.90 Å². The van der Waals surface area contributed by atoms with Gasteiger partial charge in [0.05, 0.1) is 11.4 Å². The van der Waals surface area contributed by atoms with Gasteiger partial charge in [-0.3, -0.25) is 4.79 Å². The maximum atomic E-state index is 14.0. The molecule has 1 saturated heterocycles. The van der Waals surface area contributed by atoms with E-state index in [0.717, 1.165) is 0 Å². The third kappa shape index (κ3) is 4.71. The highest BCUT2D eigenvalue weighted by molar-refractivity contribution is 7.90. The molecule has 7 nitrogen and oxygen atoms in total. The van der Waals surface area contributed by atoms with Crippen molar-refractivity contribution in [2.75, 3.05) is 36.4 Å². The number of amidine groups is 1. The number of hydrogen-bond acceptors (Lipinski definition) is 5. The van der Waals surface area contributed by atoms with Crippen molar-refractivity contribution in [3.8, 4) is 0 Å². The number of fused-ring (bicyclic) bond motifs is 1. The zero-order valence-corrected chi connectivity index (χ0v) is 18.1. The summed E-state index contributed by atoms with van der Waals surface area (Å²) in [5, 5.41) is 3.07. The summed E-state index contributed by atoms with van der Waals surface area (Å²) in [5.74, 6) is 0.0284. The Kier molecular flexibility index (Phi) is 5.95. The molecule has 4 rings (SSSR count). The lowest BCUT2D eigenvalue weighted by Gasteiger charge is -2.36. The van der Waals surface area contributed by atoms with Crippen molar-refractivity contribution in [3.63, 3.8) is 0 Å². The number of amides is 1. The number of sulfonamides is 1. The molecule has 0 aliphatic carbocycles. The summed E-state index contributed by atoms with van der Waals surface area (Å²) in [6, 6.07) is 13.3. The largest absolute Gasteiger partial charge is 0.366 e.